The number of carbonyl (C=O) groups is 1. The molecule has 0 fully saturated rings. The summed E-state index contributed by atoms with van der Waals surface area (Å²) in [5, 5.41) is 9.57. The van der Waals surface area contributed by atoms with Gasteiger partial charge in [-0.1, -0.05) is 54.6 Å². The van der Waals surface area contributed by atoms with Gasteiger partial charge in [-0.15, -0.1) is 0 Å². The van der Waals surface area contributed by atoms with Gasteiger partial charge in [0.2, 0.25) is 0 Å². The fourth-order valence-corrected chi connectivity index (χ4v) is 3.31. The summed E-state index contributed by atoms with van der Waals surface area (Å²) in [6, 6.07) is 23.5. The summed E-state index contributed by atoms with van der Waals surface area (Å²) >= 11 is 0. The number of aryl methyl sites for hydroxylation is 1. The molecule has 0 spiro atoms. The highest BCUT2D eigenvalue weighted by Crippen LogP contribution is 2.29. The molecule has 1 aliphatic carbocycles. The molecule has 4 rings (SSSR count). The van der Waals surface area contributed by atoms with Gasteiger partial charge in [0.05, 0.1) is 0 Å². The maximum atomic E-state index is 12.7. The number of hydrogen-bond acceptors (Lipinski definition) is 2. The molecule has 3 aromatic carbocycles. The van der Waals surface area contributed by atoms with Crippen LogP contribution in [0.3, 0.4) is 0 Å². The van der Waals surface area contributed by atoms with E-state index in [1.165, 1.54) is 11.1 Å². The molecule has 2 nitrogen and oxygen atoms in total. The average molecular weight is 326 g/mol. The molecule has 0 amide bonds. The third-order valence-electron chi connectivity index (χ3n) is 4.65. The maximum absolute atomic E-state index is 12.7. The number of Topliss-reactive ketones (excluding diaryl/α,β-unsaturated/α-hetero) is 1. The van der Waals surface area contributed by atoms with Crippen molar-refractivity contribution in [1.29, 1.82) is 0 Å². The van der Waals surface area contributed by atoms with Crippen molar-refractivity contribution in [2.24, 2.45) is 0 Å². The van der Waals surface area contributed by atoms with Gasteiger partial charge in [-0.2, -0.15) is 0 Å². The van der Waals surface area contributed by atoms with Crippen molar-refractivity contribution in [3.05, 3.63) is 95.1 Å². The van der Waals surface area contributed by atoms with Crippen LogP contribution in [0.4, 0.5) is 0 Å². The summed E-state index contributed by atoms with van der Waals surface area (Å²) in [6.07, 6.45) is 3.46. The Kier molecular flexibility index (Phi) is 3.95. The van der Waals surface area contributed by atoms with E-state index in [0.717, 1.165) is 23.1 Å². The van der Waals surface area contributed by atoms with Crippen molar-refractivity contribution in [2.45, 2.75) is 12.8 Å². The number of phenolic OH excluding ortho intramolecular Hbond substituents is 1. The number of aromatic hydroxyl groups is 1. The molecule has 122 valence electrons. The van der Waals surface area contributed by atoms with Crippen LogP contribution in [0.5, 0.6) is 5.75 Å². The van der Waals surface area contributed by atoms with E-state index in [9.17, 15) is 9.90 Å². The number of allylic oxidation sites excluding steroid dienone is 1. The molecule has 1 N–H and O–H groups in total. The van der Waals surface area contributed by atoms with Crippen LogP contribution in [-0.4, -0.2) is 10.9 Å². The first kappa shape index (κ1) is 15.4. The van der Waals surface area contributed by atoms with Gasteiger partial charge >= 0.3 is 0 Å². The van der Waals surface area contributed by atoms with Crippen LogP contribution < -0.4 is 0 Å². The number of rotatable bonds is 2. The molecule has 2 heteroatoms. The van der Waals surface area contributed by atoms with E-state index in [2.05, 4.69) is 36.4 Å². The highest BCUT2D eigenvalue weighted by Gasteiger charge is 2.21. The minimum Gasteiger partial charge on any atom is -0.508 e. The zero-order chi connectivity index (χ0) is 17.2. The molecule has 0 saturated carbocycles. The summed E-state index contributed by atoms with van der Waals surface area (Å²) in [6.45, 7) is 0. The van der Waals surface area contributed by atoms with Crippen LogP contribution in [0, 0.1) is 0 Å². The predicted octanol–water partition coefficient (Wildman–Crippen LogP) is 5.27. The lowest BCUT2D eigenvalue weighted by Gasteiger charge is -2.17. The zero-order valence-electron chi connectivity index (χ0n) is 13.8. The van der Waals surface area contributed by atoms with E-state index in [1.54, 1.807) is 18.2 Å². The van der Waals surface area contributed by atoms with Crippen molar-refractivity contribution in [3.8, 4) is 16.9 Å². The lowest BCUT2D eigenvalue weighted by molar-refractivity contribution is 0.102. The zero-order valence-corrected chi connectivity index (χ0v) is 13.8. The Morgan fingerprint density at radius 2 is 1.52 bits per heavy atom. The van der Waals surface area contributed by atoms with E-state index in [0.29, 0.717) is 12.0 Å². The molecular formula is C23H18O2. The fourth-order valence-electron chi connectivity index (χ4n) is 3.31. The van der Waals surface area contributed by atoms with Crippen LogP contribution in [-0.2, 0) is 6.42 Å². The van der Waals surface area contributed by atoms with Gasteiger partial charge in [0.1, 0.15) is 5.75 Å². The molecule has 0 unspecified atom stereocenters. The van der Waals surface area contributed by atoms with Gasteiger partial charge in [0.25, 0.3) is 0 Å². The second kappa shape index (κ2) is 6.40. The standard InChI is InChI=1S/C23H18O2/c24-21-12-13-22-19(15-21)10-11-20(23(22)25)14-16-6-8-18(9-7-16)17-4-2-1-3-5-17/h1-9,12-15,24H,10-11H2/b20-14+. The molecule has 3 aromatic rings. The Morgan fingerprint density at radius 1 is 0.800 bits per heavy atom. The summed E-state index contributed by atoms with van der Waals surface area (Å²) in [7, 11) is 0. The van der Waals surface area contributed by atoms with Crippen LogP contribution in [0.25, 0.3) is 17.2 Å². The molecule has 0 radical (unpaired) electrons. The van der Waals surface area contributed by atoms with Crippen molar-refractivity contribution in [1.82, 2.24) is 0 Å². The number of hydrogen-bond donors (Lipinski definition) is 1. The third kappa shape index (κ3) is 3.11. The molecule has 0 saturated heterocycles. The summed E-state index contributed by atoms with van der Waals surface area (Å²) in [4.78, 5) is 12.7. The Labute approximate surface area is 147 Å². The first-order valence-electron chi connectivity index (χ1n) is 8.43. The van der Waals surface area contributed by atoms with Crippen molar-refractivity contribution >= 4 is 11.9 Å². The number of benzene rings is 3. The molecular weight excluding hydrogens is 308 g/mol. The smallest absolute Gasteiger partial charge is 0.189 e. The van der Waals surface area contributed by atoms with Crippen LogP contribution in [0.2, 0.25) is 0 Å². The number of ketones is 1. The average Bonchev–Trinajstić information content (AvgIpc) is 2.65. The summed E-state index contributed by atoms with van der Waals surface area (Å²) < 4.78 is 0. The van der Waals surface area contributed by atoms with Crippen molar-refractivity contribution in [3.63, 3.8) is 0 Å². The minimum atomic E-state index is 0.0633. The van der Waals surface area contributed by atoms with Gasteiger partial charge in [-0.25, -0.2) is 0 Å². The van der Waals surface area contributed by atoms with Gasteiger partial charge < -0.3 is 5.11 Å². The Hall–Kier alpha value is -3.13. The number of fused-ring (bicyclic) bond motifs is 1. The van der Waals surface area contributed by atoms with Crippen molar-refractivity contribution < 1.29 is 9.90 Å². The normalized spacial score (nSPS) is 15.2. The highest BCUT2D eigenvalue weighted by molar-refractivity contribution is 6.13. The highest BCUT2D eigenvalue weighted by atomic mass is 16.3. The summed E-state index contributed by atoms with van der Waals surface area (Å²) in [5.74, 6) is 0.281. The molecule has 0 atom stereocenters. The van der Waals surface area contributed by atoms with Crippen LogP contribution in [0.1, 0.15) is 27.9 Å². The lowest BCUT2D eigenvalue weighted by atomic mass is 9.86. The minimum absolute atomic E-state index is 0.0633. The van der Waals surface area contributed by atoms with Crippen molar-refractivity contribution in [2.75, 3.05) is 0 Å². The van der Waals surface area contributed by atoms with Gasteiger partial charge in [-0.3, -0.25) is 4.79 Å². The Morgan fingerprint density at radius 3 is 2.28 bits per heavy atom. The fraction of sp³-hybridized carbons (Fsp3) is 0.0870. The van der Waals surface area contributed by atoms with Gasteiger partial charge in [-0.05, 0) is 59.4 Å². The van der Waals surface area contributed by atoms with Gasteiger partial charge in [0.15, 0.2) is 5.78 Å². The Bertz CT molecular complexity index is 951. The third-order valence-corrected chi connectivity index (χ3v) is 4.65. The van der Waals surface area contributed by atoms with E-state index < -0.39 is 0 Å². The second-order valence-electron chi connectivity index (χ2n) is 6.33. The monoisotopic (exact) mass is 326 g/mol. The van der Waals surface area contributed by atoms with Gasteiger partial charge in [0, 0.05) is 11.1 Å². The molecule has 25 heavy (non-hydrogen) atoms. The second-order valence-corrected chi connectivity index (χ2v) is 6.33. The number of carbonyl (C=O) groups excluding carboxylic acids is 1. The first-order valence-corrected chi connectivity index (χ1v) is 8.43. The van der Waals surface area contributed by atoms with E-state index in [-0.39, 0.29) is 11.5 Å². The summed E-state index contributed by atoms with van der Waals surface area (Å²) in [5.41, 5.74) is 5.84. The topological polar surface area (TPSA) is 37.3 Å². The van der Waals surface area contributed by atoms with Crippen LogP contribution in [0.15, 0.2) is 78.4 Å². The first-order chi connectivity index (χ1) is 12.2. The van der Waals surface area contributed by atoms with E-state index in [4.69, 9.17) is 0 Å². The molecule has 0 aromatic heterocycles. The molecule has 1 aliphatic rings. The van der Waals surface area contributed by atoms with Crippen LogP contribution >= 0.6 is 0 Å². The lowest BCUT2D eigenvalue weighted by Crippen LogP contribution is -2.13. The molecule has 0 heterocycles. The Balaban J connectivity index is 1.61. The molecule has 0 bridgehead atoms. The van der Waals surface area contributed by atoms with E-state index >= 15 is 0 Å². The number of phenols is 1. The SMILES string of the molecule is O=C1/C(=C/c2ccc(-c3ccccc3)cc2)CCc2cc(O)ccc21. The predicted molar refractivity (Wildman–Crippen MR) is 101 cm³/mol. The quantitative estimate of drug-likeness (QED) is 0.651. The molecule has 0 aliphatic heterocycles. The largest absolute Gasteiger partial charge is 0.508 e. The maximum Gasteiger partial charge on any atom is 0.189 e. The van der Waals surface area contributed by atoms with E-state index in [1.807, 2.05) is 24.3 Å².